The molecular formula is C23H27F2N5O3S. The smallest absolute Gasteiger partial charge is 0.275 e. The van der Waals surface area contributed by atoms with Gasteiger partial charge in [-0.25, -0.2) is 18.7 Å². The average Bonchev–Trinajstić information content (AvgIpc) is 2.73. The van der Waals surface area contributed by atoms with E-state index in [0.717, 1.165) is 11.6 Å². The van der Waals surface area contributed by atoms with Crippen LogP contribution < -0.4 is 15.8 Å². The lowest BCUT2D eigenvalue weighted by molar-refractivity contribution is 0.102. The van der Waals surface area contributed by atoms with Crippen molar-refractivity contribution in [2.24, 2.45) is 10.7 Å². The SMILES string of the molecule is C=C(C)COc1cnc(C(=O)Nc2cc(F)c(F)c([C@]3(C)C[C@](C)(COC)SC(N)=N3)c2)cn1. The van der Waals surface area contributed by atoms with E-state index < -0.39 is 27.8 Å². The fourth-order valence-corrected chi connectivity index (χ4v) is 5.10. The van der Waals surface area contributed by atoms with Crippen molar-refractivity contribution in [1.29, 1.82) is 0 Å². The Morgan fingerprint density at radius 2 is 2.03 bits per heavy atom. The summed E-state index contributed by atoms with van der Waals surface area (Å²) in [5.74, 6) is -2.59. The second-order valence-electron chi connectivity index (χ2n) is 8.65. The monoisotopic (exact) mass is 491 g/mol. The molecule has 2 heterocycles. The molecule has 11 heteroatoms. The van der Waals surface area contributed by atoms with Crippen molar-refractivity contribution in [3.8, 4) is 5.88 Å². The van der Waals surface area contributed by atoms with Crippen LogP contribution in [0.2, 0.25) is 0 Å². The highest BCUT2D eigenvalue weighted by Crippen LogP contribution is 2.46. The number of amides is 1. The summed E-state index contributed by atoms with van der Waals surface area (Å²) in [5.41, 5.74) is 5.66. The topological polar surface area (TPSA) is 112 Å². The van der Waals surface area contributed by atoms with E-state index in [1.165, 1.54) is 30.2 Å². The van der Waals surface area contributed by atoms with Crippen molar-refractivity contribution in [2.75, 3.05) is 25.6 Å². The van der Waals surface area contributed by atoms with Crippen molar-refractivity contribution < 1.29 is 23.0 Å². The first kappa shape index (κ1) is 25.6. The number of aromatic nitrogens is 2. The van der Waals surface area contributed by atoms with Gasteiger partial charge in [-0.05, 0) is 38.8 Å². The Morgan fingerprint density at radius 1 is 1.29 bits per heavy atom. The number of hydrogen-bond donors (Lipinski definition) is 2. The highest BCUT2D eigenvalue weighted by molar-refractivity contribution is 8.15. The Bertz CT molecular complexity index is 1130. The number of methoxy groups -OCH3 is 1. The number of carbonyl (C=O) groups excluding carboxylic acids is 1. The van der Waals surface area contributed by atoms with Crippen molar-refractivity contribution in [3.63, 3.8) is 0 Å². The molecule has 3 N–H and O–H groups in total. The number of anilines is 1. The zero-order valence-corrected chi connectivity index (χ0v) is 20.3. The van der Waals surface area contributed by atoms with Crippen LogP contribution in [0.3, 0.4) is 0 Å². The lowest BCUT2D eigenvalue weighted by atomic mass is 9.83. The Kier molecular flexibility index (Phi) is 7.57. The Morgan fingerprint density at radius 3 is 2.65 bits per heavy atom. The molecule has 1 aromatic heterocycles. The zero-order valence-electron chi connectivity index (χ0n) is 19.4. The van der Waals surface area contributed by atoms with Gasteiger partial charge < -0.3 is 20.5 Å². The van der Waals surface area contributed by atoms with E-state index in [9.17, 15) is 13.6 Å². The number of thioether (sulfide) groups is 1. The van der Waals surface area contributed by atoms with Crippen LogP contribution in [0.5, 0.6) is 5.88 Å². The molecular weight excluding hydrogens is 464 g/mol. The fourth-order valence-electron chi connectivity index (χ4n) is 3.82. The molecule has 0 fully saturated rings. The van der Waals surface area contributed by atoms with Gasteiger partial charge >= 0.3 is 0 Å². The summed E-state index contributed by atoms with van der Waals surface area (Å²) in [4.78, 5) is 25.1. The number of nitrogens with two attached hydrogens (primary N) is 1. The lowest BCUT2D eigenvalue weighted by Gasteiger charge is -2.41. The molecule has 2 atom stereocenters. The normalized spacial score (nSPS) is 22.1. The predicted molar refractivity (Wildman–Crippen MR) is 128 cm³/mol. The van der Waals surface area contributed by atoms with Crippen LogP contribution in [-0.2, 0) is 10.3 Å². The summed E-state index contributed by atoms with van der Waals surface area (Å²) < 4.78 is 39.7. The lowest BCUT2D eigenvalue weighted by Crippen LogP contribution is -2.43. The van der Waals surface area contributed by atoms with E-state index in [-0.39, 0.29) is 34.6 Å². The first-order valence-electron chi connectivity index (χ1n) is 10.4. The van der Waals surface area contributed by atoms with Crippen molar-refractivity contribution in [3.05, 3.63) is 59.6 Å². The van der Waals surface area contributed by atoms with Gasteiger partial charge in [0.15, 0.2) is 16.8 Å². The van der Waals surface area contributed by atoms with E-state index >= 15 is 0 Å². The van der Waals surface area contributed by atoms with Gasteiger partial charge in [0.25, 0.3) is 5.91 Å². The van der Waals surface area contributed by atoms with E-state index in [2.05, 4.69) is 26.9 Å². The Labute approximate surface area is 201 Å². The number of benzene rings is 1. The van der Waals surface area contributed by atoms with Crippen molar-refractivity contribution in [2.45, 2.75) is 37.5 Å². The predicted octanol–water partition coefficient (Wildman–Crippen LogP) is 4.03. The van der Waals surface area contributed by atoms with Crippen LogP contribution in [0.25, 0.3) is 0 Å². The summed E-state index contributed by atoms with van der Waals surface area (Å²) in [7, 11) is 1.56. The second-order valence-corrected chi connectivity index (χ2v) is 10.3. The number of amidine groups is 1. The third-order valence-corrected chi connectivity index (χ3v) is 6.12. The molecule has 2 aromatic rings. The third-order valence-electron chi connectivity index (χ3n) is 5.07. The molecule has 3 rings (SSSR count). The van der Waals surface area contributed by atoms with Gasteiger partial charge in [0.1, 0.15) is 12.3 Å². The quantitative estimate of drug-likeness (QED) is 0.536. The van der Waals surface area contributed by atoms with Gasteiger partial charge in [0.05, 0.1) is 24.5 Å². The molecule has 0 saturated heterocycles. The molecule has 1 aromatic carbocycles. The first-order chi connectivity index (χ1) is 15.9. The van der Waals surface area contributed by atoms with Crippen LogP contribution in [0.1, 0.15) is 43.2 Å². The Balaban J connectivity index is 1.86. The number of nitrogens with one attached hydrogen (secondary N) is 1. The number of rotatable bonds is 8. The summed E-state index contributed by atoms with van der Waals surface area (Å²) in [6.07, 6.45) is 2.86. The average molecular weight is 492 g/mol. The molecule has 8 nitrogen and oxygen atoms in total. The third kappa shape index (κ3) is 5.89. The highest BCUT2D eigenvalue weighted by Gasteiger charge is 2.44. The maximum Gasteiger partial charge on any atom is 0.275 e. The number of carbonyl (C=O) groups is 1. The molecule has 34 heavy (non-hydrogen) atoms. The number of ether oxygens (including phenoxy) is 2. The molecule has 1 aliphatic heterocycles. The molecule has 0 bridgehead atoms. The van der Waals surface area contributed by atoms with Crippen molar-refractivity contribution >= 4 is 28.5 Å². The van der Waals surface area contributed by atoms with E-state index in [0.29, 0.717) is 13.0 Å². The van der Waals surface area contributed by atoms with Gasteiger partial charge in [-0.15, -0.1) is 0 Å². The standard InChI is InChI=1S/C23H27F2N5O3S/c1-13(2)10-33-18-9-27-17(8-28-18)20(31)29-14-6-15(19(25)16(24)7-14)23(4)11-22(3,12-32-5)34-21(26)30-23/h6-9H,1,10-12H2,2-5H3,(H2,26,30)(H,29,31)/t22-,23+/m1/s1. The molecule has 1 amide bonds. The zero-order chi connectivity index (χ0) is 25.1. The molecule has 182 valence electrons. The maximum atomic E-state index is 14.9. The summed E-state index contributed by atoms with van der Waals surface area (Å²) >= 11 is 1.33. The number of nitrogens with zero attached hydrogens (tertiary/aromatic N) is 3. The van der Waals surface area contributed by atoms with Crippen molar-refractivity contribution in [1.82, 2.24) is 9.97 Å². The van der Waals surface area contributed by atoms with Crippen LogP contribution in [0.15, 0.2) is 41.7 Å². The minimum absolute atomic E-state index is 0.0239. The molecule has 0 unspecified atom stereocenters. The summed E-state index contributed by atoms with van der Waals surface area (Å²) in [5, 5.41) is 2.78. The van der Waals surface area contributed by atoms with Crippen LogP contribution in [0.4, 0.5) is 14.5 Å². The van der Waals surface area contributed by atoms with E-state index in [1.807, 2.05) is 6.92 Å². The van der Waals surface area contributed by atoms with E-state index in [4.69, 9.17) is 15.2 Å². The van der Waals surface area contributed by atoms with Gasteiger partial charge in [-0.1, -0.05) is 18.3 Å². The van der Waals surface area contributed by atoms with Gasteiger partial charge in [0, 0.05) is 29.2 Å². The summed E-state index contributed by atoms with van der Waals surface area (Å²) in [6.45, 7) is 9.73. The van der Waals surface area contributed by atoms with Crippen LogP contribution in [-0.4, -0.2) is 46.1 Å². The van der Waals surface area contributed by atoms with Gasteiger partial charge in [0.2, 0.25) is 5.88 Å². The Hall–Kier alpha value is -3.05. The molecule has 0 spiro atoms. The first-order valence-corrected chi connectivity index (χ1v) is 11.2. The molecule has 0 radical (unpaired) electrons. The summed E-state index contributed by atoms with van der Waals surface area (Å²) in [6, 6.07) is 2.25. The van der Waals surface area contributed by atoms with Gasteiger partial charge in [-0.3, -0.25) is 9.79 Å². The molecule has 1 aliphatic rings. The minimum atomic E-state index is -1.17. The highest BCUT2D eigenvalue weighted by atomic mass is 32.2. The largest absolute Gasteiger partial charge is 0.472 e. The number of hydrogen-bond acceptors (Lipinski definition) is 8. The number of aliphatic imine (C=N–C) groups is 1. The van der Waals surface area contributed by atoms with E-state index in [1.54, 1.807) is 21.0 Å². The van der Waals surface area contributed by atoms with Gasteiger partial charge in [-0.2, -0.15) is 0 Å². The number of halogens is 2. The molecule has 0 saturated carbocycles. The molecule has 0 aliphatic carbocycles. The fraction of sp³-hybridized carbons (Fsp3) is 0.391. The van der Waals surface area contributed by atoms with Crippen LogP contribution >= 0.6 is 11.8 Å². The minimum Gasteiger partial charge on any atom is -0.472 e. The maximum absolute atomic E-state index is 14.9. The van der Waals surface area contributed by atoms with Crippen LogP contribution in [0, 0.1) is 11.6 Å². The second kappa shape index (κ2) is 10.1.